The highest BCUT2D eigenvalue weighted by molar-refractivity contribution is 5.92. The van der Waals surface area contributed by atoms with Crippen LogP contribution in [0.15, 0.2) is 47.1 Å². The normalized spacial score (nSPS) is 18.5. The van der Waals surface area contributed by atoms with Gasteiger partial charge < -0.3 is 14.4 Å². The molecule has 0 radical (unpaired) electrons. The van der Waals surface area contributed by atoms with Crippen molar-refractivity contribution < 1.29 is 9.32 Å². The number of hydrogen-bond donors (Lipinski definition) is 1. The lowest BCUT2D eigenvalue weighted by Crippen LogP contribution is -2.53. The Morgan fingerprint density at radius 1 is 1.17 bits per heavy atom. The summed E-state index contributed by atoms with van der Waals surface area (Å²) in [5.74, 6) is 1.01. The van der Waals surface area contributed by atoms with Crippen LogP contribution in [0.5, 0.6) is 0 Å². The molecular weight excluding hydrogens is 376 g/mol. The number of fused-ring (bicyclic) bond motifs is 2. The zero-order valence-corrected chi connectivity index (χ0v) is 17.6. The lowest BCUT2D eigenvalue weighted by atomic mass is 9.68. The van der Waals surface area contributed by atoms with E-state index in [9.17, 15) is 4.79 Å². The quantitative estimate of drug-likeness (QED) is 0.721. The number of benzene rings is 1. The summed E-state index contributed by atoms with van der Waals surface area (Å²) in [4.78, 5) is 20.7. The number of likely N-dealkylation sites (tertiary alicyclic amines) is 1. The molecule has 4 heterocycles. The first-order valence-electron chi connectivity index (χ1n) is 10.7. The fourth-order valence-corrected chi connectivity index (χ4v) is 5.18. The molecule has 1 aromatic carbocycles. The maximum Gasteiger partial charge on any atom is 0.270 e. The molecule has 1 N–H and O–H groups in total. The fraction of sp³-hybridized carbons (Fsp3) is 0.417. The van der Waals surface area contributed by atoms with Gasteiger partial charge in [0.05, 0.1) is 5.69 Å². The van der Waals surface area contributed by atoms with Crippen molar-refractivity contribution in [3.63, 3.8) is 0 Å². The lowest BCUT2D eigenvalue weighted by molar-refractivity contribution is 0.0568. The molecule has 30 heavy (non-hydrogen) atoms. The van der Waals surface area contributed by atoms with Crippen molar-refractivity contribution in [3.8, 4) is 0 Å². The average Bonchev–Trinajstić information content (AvgIpc) is 3.41. The molecule has 0 saturated carbocycles. The monoisotopic (exact) mass is 404 g/mol. The van der Waals surface area contributed by atoms with Crippen molar-refractivity contribution in [2.45, 2.75) is 45.2 Å². The fourth-order valence-electron chi connectivity index (χ4n) is 5.18. The number of aryl methyl sites for hydroxylation is 2. The number of aromatic amines is 1. The maximum absolute atomic E-state index is 13.1. The van der Waals surface area contributed by atoms with Gasteiger partial charge in [0.25, 0.3) is 5.91 Å². The number of carbonyl (C=O) groups is 1. The van der Waals surface area contributed by atoms with Crippen LogP contribution in [-0.4, -0.2) is 45.5 Å². The number of aromatic nitrogens is 2. The minimum atomic E-state index is 0.0202. The zero-order chi connectivity index (χ0) is 20.7. The van der Waals surface area contributed by atoms with Gasteiger partial charge in [-0.3, -0.25) is 9.69 Å². The second-order valence-corrected chi connectivity index (χ2v) is 8.76. The Labute approximate surface area is 176 Å². The summed E-state index contributed by atoms with van der Waals surface area (Å²) in [5, 5.41) is 4.10. The Morgan fingerprint density at radius 3 is 2.67 bits per heavy atom. The van der Waals surface area contributed by atoms with E-state index in [-0.39, 0.29) is 11.3 Å². The third-order valence-corrected chi connectivity index (χ3v) is 6.94. The first-order valence-corrected chi connectivity index (χ1v) is 10.7. The molecule has 1 fully saturated rings. The van der Waals surface area contributed by atoms with E-state index in [2.05, 4.69) is 39.3 Å². The molecule has 0 unspecified atom stereocenters. The Balaban J connectivity index is 1.38. The molecule has 0 aliphatic carbocycles. The van der Waals surface area contributed by atoms with E-state index < -0.39 is 0 Å². The first-order chi connectivity index (χ1) is 14.6. The van der Waals surface area contributed by atoms with E-state index in [0.717, 1.165) is 50.5 Å². The van der Waals surface area contributed by atoms with Crippen molar-refractivity contribution in [2.75, 3.05) is 19.6 Å². The summed E-state index contributed by atoms with van der Waals surface area (Å²) in [6.45, 7) is 8.34. The van der Waals surface area contributed by atoms with Gasteiger partial charge in [-0.05, 0) is 63.0 Å². The number of H-pyrrole nitrogens is 1. The van der Waals surface area contributed by atoms with Crippen LogP contribution in [0.2, 0.25) is 0 Å². The zero-order valence-electron chi connectivity index (χ0n) is 17.6. The molecule has 1 amide bonds. The number of carbonyl (C=O) groups excluding carboxylic acids is 1. The van der Waals surface area contributed by atoms with Crippen LogP contribution in [0.3, 0.4) is 0 Å². The summed E-state index contributed by atoms with van der Waals surface area (Å²) >= 11 is 0. The molecule has 5 rings (SSSR count). The van der Waals surface area contributed by atoms with Gasteiger partial charge in [0.2, 0.25) is 0 Å². The number of hydrogen-bond acceptors (Lipinski definition) is 4. The van der Waals surface area contributed by atoms with Gasteiger partial charge in [-0.25, -0.2) is 0 Å². The van der Waals surface area contributed by atoms with Crippen LogP contribution in [0, 0.1) is 13.8 Å². The van der Waals surface area contributed by atoms with Gasteiger partial charge in [-0.15, -0.1) is 0 Å². The van der Waals surface area contributed by atoms with Crippen LogP contribution in [0.4, 0.5) is 0 Å². The summed E-state index contributed by atoms with van der Waals surface area (Å²) in [5.41, 5.74) is 5.59. The molecule has 3 aromatic rings. The van der Waals surface area contributed by atoms with E-state index in [4.69, 9.17) is 4.52 Å². The van der Waals surface area contributed by atoms with Gasteiger partial charge in [-0.1, -0.05) is 29.4 Å². The number of rotatable bonds is 3. The molecule has 0 atom stereocenters. The van der Waals surface area contributed by atoms with Crippen molar-refractivity contribution in [2.24, 2.45) is 0 Å². The molecule has 2 aliphatic heterocycles. The van der Waals surface area contributed by atoms with Crippen LogP contribution in [-0.2, 0) is 18.5 Å². The summed E-state index contributed by atoms with van der Waals surface area (Å²) < 4.78 is 5.35. The molecule has 0 bridgehead atoms. The smallest absolute Gasteiger partial charge is 0.270 e. The molecule has 6 heteroatoms. The van der Waals surface area contributed by atoms with Crippen molar-refractivity contribution in [1.29, 1.82) is 0 Å². The van der Waals surface area contributed by atoms with E-state index >= 15 is 0 Å². The number of piperidine rings is 1. The van der Waals surface area contributed by atoms with E-state index in [1.165, 1.54) is 16.7 Å². The second kappa shape index (κ2) is 7.43. The summed E-state index contributed by atoms with van der Waals surface area (Å²) in [6, 6.07) is 12.4. The largest absolute Gasteiger partial charge is 0.361 e. The Kier molecular flexibility index (Phi) is 4.74. The highest BCUT2D eigenvalue weighted by Crippen LogP contribution is 2.42. The Bertz CT molecular complexity index is 1030. The van der Waals surface area contributed by atoms with Crippen LogP contribution < -0.4 is 0 Å². The van der Waals surface area contributed by atoms with Gasteiger partial charge in [0.1, 0.15) is 11.5 Å². The topological polar surface area (TPSA) is 65.4 Å². The van der Waals surface area contributed by atoms with Crippen LogP contribution in [0.25, 0.3) is 0 Å². The molecule has 2 aromatic heterocycles. The maximum atomic E-state index is 13.1. The average molecular weight is 405 g/mol. The predicted octanol–water partition coefficient (Wildman–Crippen LogP) is 3.81. The van der Waals surface area contributed by atoms with Gasteiger partial charge in [-0.2, -0.15) is 0 Å². The van der Waals surface area contributed by atoms with Gasteiger partial charge in [0.15, 0.2) is 0 Å². The Morgan fingerprint density at radius 2 is 1.97 bits per heavy atom. The molecule has 2 aliphatic rings. The highest BCUT2D eigenvalue weighted by Gasteiger charge is 2.43. The van der Waals surface area contributed by atoms with Crippen molar-refractivity contribution in [1.82, 2.24) is 19.9 Å². The SMILES string of the molecule is Cc1noc(C)c1CN1CCC2(CC1)CN(C(=O)c1ccc[nH]1)Cc1ccccc12. The van der Waals surface area contributed by atoms with Gasteiger partial charge >= 0.3 is 0 Å². The van der Waals surface area contributed by atoms with Crippen molar-refractivity contribution >= 4 is 5.91 Å². The lowest BCUT2D eigenvalue weighted by Gasteiger charge is -2.48. The van der Waals surface area contributed by atoms with E-state index in [1.807, 2.05) is 37.1 Å². The third kappa shape index (κ3) is 3.25. The predicted molar refractivity (Wildman–Crippen MR) is 114 cm³/mol. The molecule has 156 valence electrons. The number of nitrogens with one attached hydrogen (secondary N) is 1. The summed E-state index contributed by atoms with van der Waals surface area (Å²) in [7, 11) is 0. The molecule has 6 nitrogen and oxygen atoms in total. The molecule has 1 spiro atoms. The summed E-state index contributed by atoms with van der Waals surface area (Å²) in [6.07, 6.45) is 3.90. The second-order valence-electron chi connectivity index (χ2n) is 8.76. The first kappa shape index (κ1) is 19.1. The van der Waals surface area contributed by atoms with Crippen LogP contribution >= 0.6 is 0 Å². The number of amides is 1. The van der Waals surface area contributed by atoms with Crippen LogP contribution in [0.1, 0.15) is 51.5 Å². The number of nitrogens with zero attached hydrogens (tertiary/aromatic N) is 3. The highest BCUT2D eigenvalue weighted by atomic mass is 16.5. The molecule has 1 saturated heterocycles. The molecular formula is C24H28N4O2. The minimum Gasteiger partial charge on any atom is -0.361 e. The Hall–Kier alpha value is -2.86. The van der Waals surface area contributed by atoms with E-state index in [1.54, 1.807) is 0 Å². The van der Waals surface area contributed by atoms with Gasteiger partial charge in [0, 0.05) is 36.8 Å². The third-order valence-electron chi connectivity index (χ3n) is 6.94. The minimum absolute atomic E-state index is 0.0202. The van der Waals surface area contributed by atoms with Crippen molar-refractivity contribution in [3.05, 3.63) is 76.4 Å². The van der Waals surface area contributed by atoms with E-state index in [0.29, 0.717) is 12.2 Å². The standard InChI is InChI=1S/C24H28N4O2/c1-17-20(18(2)30-26-17)15-27-12-9-24(10-13-27)16-28(23(29)22-8-5-11-25-22)14-19-6-3-4-7-21(19)24/h3-8,11,25H,9-10,12-16H2,1-2H3.